The van der Waals surface area contributed by atoms with Crippen molar-refractivity contribution in [1.82, 2.24) is 29.2 Å². The minimum absolute atomic E-state index is 0.168. The van der Waals surface area contributed by atoms with Gasteiger partial charge in [-0.15, -0.1) is 0 Å². The van der Waals surface area contributed by atoms with E-state index in [-0.39, 0.29) is 12.1 Å². The second-order valence-electron chi connectivity index (χ2n) is 8.27. The Morgan fingerprint density at radius 3 is 2.67 bits per heavy atom. The summed E-state index contributed by atoms with van der Waals surface area (Å²) in [4.78, 5) is 28.2. The van der Waals surface area contributed by atoms with Gasteiger partial charge >= 0.3 is 0 Å². The summed E-state index contributed by atoms with van der Waals surface area (Å²) in [6.07, 6.45) is 4.28. The van der Waals surface area contributed by atoms with Gasteiger partial charge in [0.1, 0.15) is 12.9 Å². The van der Waals surface area contributed by atoms with Crippen LogP contribution in [0.1, 0.15) is 24.1 Å². The molecule has 5 heterocycles. The number of para-hydroxylation sites is 1. The molecule has 3 fully saturated rings. The second-order valence-corrected chi connectivity index (χ2v) is 8.27. The van der Waals surface area contributed by atoms with Gasteiger partial charge in [-0.2, -0.15) is 4.98 Å². The maximum atomic E-state index is 12.7. The topological polar surface area (TPSA) is 94.9 Å². The van der Waals surface area contributed by atoms with Crippen molar-refractivity contribution in [2.45, 2.75) is 18.9 Å². The molecule has 0 radical (unpaired) electrons. The van der Waals surface area contributed by atoms with E-state index in [4.69, 9.17) is 4.52 Å². The maximum absolute atomic E-state index is 12.7. The smallest absolute Gasteiger partial charge is 0.280 e. The first-order chi connectivity index (χ1) is 14.7. The number of aryl methyl sites for hydroxylation is 1. The van der Waals surface area contributed by atoms with Gasteiger partial charge in [-0.1, -0.05) is 23.4 Å². The highest BCUT2D eigenvalue weighted by Crippen LogP contribution is 2.51. The SMILES string of the molecule is Cn1cnc2ncn(Cc3nc([C@H]4[C@@H]5C[C@H]4CN(c4ccccc4)C5)no3)c(=O)c21. The zero-order valence-electron chi connectivity index (χ0n) is 16.5. The van der Waals surface area contributed by atoms with Crippen molar-refractivity contribution in [1.29, 1.82) is 0 Å². The molecule has 0 amide bonds. The number of rotatable bonds is 4. The van der Waals surface area contributed by atoms with Crippen LogP contribution < -0.4 is 10.5 Å². The standard InChI is InChI=1S/C21H21N7O2/c1-26-11-22-20-18(26)21(29)28(12-23-20)10-16-24-19(25-30-16)17-13-7-14(17)9-27(8-13)15-5-3-2-4-6-15/h2-6,11-14,17H,7-10H2,1H3/t13-,14+,17+. The van der Waals surface area contributed by atoms with Gasteiger partial charge in [0.15, 0.2) is 17.0 Å². The Kier molecular flexibility index (Phi) is 3.77. The van der Waals surface area contributed by atoms with Crippen LogP contribution in [0.4, 0.5) is 5.69 Å². The number of hydrogen-bond acceptors (Lipinski definition) is 7. The fourth-order valence-electron chi connectivity index (χ4n) is 4.96. The van der Waals surface area contributed by atoms with Gasteiger partial charge in [0.2, 0.25) is 5.89 Å². The summed E-state index contributed by atoms with van der Waals surface area (Å²) in [6.45, 7) is 2.23. The molecule has 4 aromatic rings. The van der Waals surface area contributed by atoms with E-state index in [1.54, 1.807) is 17.9 Å². The van der Waals surface area contributed by atoms with Gasteiger partial charge in [0.25, 0.3) is 5.56 Å². The minimum atomic E-state index is -0.168. The molecule has 3 atom stereocenters. The van der Waals surface area contributed by atoms with E-state index >= 15 is 0 Å². The van der Waals surface area contributed by atoms with Crippen LogP contribution in [0.5, 0.6) is 0 Å². The van der Waals surface area contributed by atoms with Crippen LogP contribution in [0.3, 0.4) is 0 Å². The monoisotopic (exact) mass is 403 g/mol. The largest absolute Gasteiger partial charge is 0.371 e. The lowest BCUT2D eigenvalue weighted by atomic mass is 9.61. The molecule has 0 unspecified atom stereocenters. The molecule has 0 N–H and O–H groups in total. The van der Waals surface area contributed by atoms with Crippen LogP contribution in [0.15, 0.2) is 52.3 Å². The first-order valence-electron chi connectivity index (χ1n) is 10.2. The molecule has 1 aliphatic carbocycles. The van der Waals surface area contributed by atoms with Crippen molar-refractivity contribution in [3.8, 4) is 0 Å². The molecular formula is C21H21N7O2. The first kappa shape index (κ1) is 17.4. The Hall–Kier alpha value is -3.49. The number of piperidine rings is 2. The van der Waals surface area contributed by atoms with Crippen LogP contribution in [0, 0.1) is 11.8 Å². The molecule has 152 valence electrons. The third-order valence-corrected chi connectivity index (χ3v) is 6.44. The summed E-state index contributed by atoms with van der Waals surface area (Å²) in [5.74, 6) is 2.59. The quantitative estimate of drug-likeness (QED) is 0.513. The fraction of sp³-hybridized carbons (Fsp3) is 0.381. The third-order valence-electron chi connectivity index (χ3n) is 6.44. The van der Waals surface area contributed by atoms with Gasteiger partial charge in [0, 0.05) is 31.7 Å². The number of benzene rings is 1. The number of anilines is 1. The summed E-state index contributed by atoms with van der Waals surface area (Å²) in [5, 5.41) is 4.26. The maximum Gasteiger partial charge on any atom is 0.280 e. The zero-order chi connectivity index (χ0) is 20.2. The number of imidazole rings is 1. The molecule has 7 rings (SSSR count). The molecule has 2 bridgehead atoms. The molecule has 3 aliphatic rings. The number of nitrogens with zero attached hydrogens (tertiary/aromatic N) is 7. The Morgan fingerprint density at radius 1 is 1.10 bits per heavy atom. The van der Waals surface area contributed by atoms with Gasteiger partial charge in [-0.05, 0) is 30.4 Å². The molecule has 9 heteroatoms. The predicted molar refractivity (Wildman–Crippen MR) is 109 cm³/mol. The summed E-state index contributed by atoms with van der Waals surface area (Å²) in [7, 11) is 1.78. The van der Waals surface area contributed by atoms with Crippen LogP contribution in [-0.2, 0) is 13.6 Å². The molecule has 30 heavy (non-hydrogen) atoms. The van der Waals surface area contributed by atoms with Crippen molar-refractivity contribution in [2.24, 2.45) is 18.9 Å². The van der Waals surface area contributed by atoms with E-state index in [0.717, 1.165) is 18.9 Å². The van der Waals surface area contributed by atoms with Crippen LogP contribution in [-0.4, -0.2) is 42.3 Å². The summed E-state index contributed by atoms with van der Waals surface area (Å²) in [5.41, 5.74) is 2.01. The van der Waals surface area contributed by atoms with Gasteiger partial charge in [0.05, 0.1) is 6.33 Å². The highest BCUT2D eigenvalue weighted by molar-refractivity contribution is 5.68. The van der Waals surface area contributed by atoms with Crippen LogP contribution >= 0.6 is 0 Å². The number of hydrogen-bond donors (Lipinski definition) is 0. The minimum Gasteiger partial charge on any atom is -0.371 e. The van der Waals surface area contributed by atoms with Gasteiger partial charge < -0.3 is 14.0 Å². The molecule has 1 aromatic carbocycles. The first-order valence-corrected chi connectivity index (χ1v) is 10.2. The average molecular weight is 403 g/mol. The second kappa shape index (κ2) is 6.51. The van der Waals surface area contributed by atoms with Crippen molar-refractivity contribution < 1.29 is 4.52 Å². The van der Waals surface area contributed by atoms with E-state index < -0.39 is 0 Å². The van der Waals surface area contributed by atoms with E-state index in [1.165, 1.54) is 23.0 Å². The lowest BCUT2D eigenvalue weighted by molar-refractivity contribution is 0.103. The van der Waals surface area contributed by atoms with E-state index in [2.05, 4.69) is 49.3 Å². The lowest BCUT2D eigenvalue weighted by Crippen LogP contribution is -2.54. The third kappa shape index (κ3) is 2.65. The van der Waals surface area contributed by atoms with E-state index in [9.17, 15) is 4.79 Å². The molecule has 1 saturated carbocycles. The Labute approximate surface area is 172 Å². The summed E-state index contributed by atoms with van der Waals surface area (Å²) >= 11 is 0. The molecule has 3 aromatic heterocycles. The average Bonchev–Trinajstić information content (AvgIpc) is 3.37. The van der Waals surface area contributed by atoms with Crippen molar-refractivity contribution in [2.75, 3.05) is 18.0 Å². The van der Waals surface area contributed by atoms with Crippen LogP contribution in [0.25, 0.3) is 11.2 Å². The van der Waals surface area contributed by atoms with Gasteiger partial charge in [-0.25, -0.2) is 9.97 Å². The Balaban J connectivity index is 1.20. The summed E-state index contributed by atoms with van der Waals surface area (Å²) < 4.78 is 8.66. The summed E-state index contributed by atoms with van der Waals surface area (Å²) in [6, 6.07) is 10.5. The van der Waals surface area contributed by atoms with Crippen molar-refractivity contribution in [3.05, 3.63) is 65.1 Å². The Morgan fingerprint density at radius 2 is 1.87 bits per heavy atom. The zero-order valence-corrected chi connectivity index (χ0v) is 16.5. The van der Waals surface area contributed by atoms with E-state index in [0.29, 0.717) is 34.8 Å². The Bertz CT molecular complexity index is 1260. The van der Waals surface area contributed by atoms with Gasteiger partial charge in [-0.3, -0.25) is 9.36 Å². The molecular weight excluding hydrogens is 382 g/mol. The fourth-order valence-corrected chi connectivity index (χ4v) is 4.96. The molecule has 0 spiro atoms. The van der Waals surface area contributed by atoms with E-state index in [1.807, 2.05) is 6.07 Å². The van der Waals surface area contributed by atoms with Crippen molar-refractivity contribution in [3.63, 3.8) is 0 Å². The molecule has 9 nitrogen and oxygen atoms in total. The number of fused-ring (bicyclic) bond motifs is 3. The molecule has 2 saturated heterocycles. The molecule has 2 aliphatic heterocycles. The van der Waals surface area contributed by atoms with Crippen LogP contribution in [0.2, 0.25) is 0 Å². The highest BCUT2D eigenvalue weighted by Gasteiger charge is 2.49. The predicted octanol–water partition coefficient (Wildman–Crippen LogP) is 1.80. The lowest BCUT2D eigenvalue weighted by Gasteiger charge is -2.53. The van der Waals surface area contributed by atoms with Crippen molar-refractivity contribution >= 4 is 16.9 Å². The highest BCUT2D eigenvalue weighted by atomic mass is 16.5. The normalized spacial score (nSPS) is 23.0. The number of aromatic nitrogens is 6.